The van der Waals surface area contributed by atoms with Gasteiger partial charge in [-0.25, -0.2) is 22.6 Å². The molecule has 0 bridgehead atoms. The van der Waals surface area contributed by atoms with E-state index in [1.165, 1.54) is 11.1 Å². The summed E-state index contributed by atoms with van der Waals surface area (Å²) in [6, 6.07) is 7.34. The quantitative estimate of drug-likeness (QED) is 0.224. The molecule has 1 aromatic carbocycles. The molecule has 3 heterocycles. The molecule has 56 heavy (non-hydrogen) atoms. The van der Waals surface area contributed by atoms with Crippen molar-refractivity contribution in [3.05, 3.63) is 42.6 Å². The molecule has 4 aliphatic carbocycles. The number of pyridine rings is 1. The molecule has 4 N–H and O–H groups in total. The molecule has 5 fully saturated rings. The highest BCUT2D eigenvalue weighted by Crippen LogP contribution is 2.52. The van der Waals surface area contributed by atoms with Crippen LogP contribution in [-0.4, -0.2) is 85.6 Å². The van der Waals surface area contributed by atoms with Crippen molar-refractivity contribution < 1.29 is 51.9 Å². The van der Waals surface area contributed by atoms with E-state index in [4.69, 9.17) is 19.9 Å². The number of ether oxygens (including phenoxy) is 3. The number of carbonyl (C=O) groups is 4. The van der Waals surface area contributed by atoms with Crippen molar-refractivity contribution >= 4 is 45.1 Å². The monoisotopic (exact) mass is 807 g/mol. The fraction of sp³-hybridized carbons (Fsp3) is 0.625. The first kappa shape index (κ1) is 41.2. The summed E-state index contributed by atoms with van der Waals surface area (Å²) in [6.07, 6.45) is 13.9. The van der Waals surface area contributed by atoms with Gasteiger partial charge < -0.3 is 30.2 Å². The SMILES string of the molecule is COc1ccc2c(O[C@@H]3C[C@H]4C(=O)N[C@@H]5C[C@H]5/C=C\CC[C@@H](C)C[C@@H](C)CC(=O)N4C3)nccc2c1.NC(=O)OC1CC2C[C@@H]2C1.O=CNS(=O)(=O)C1(F)CC1.[HH].[HH].[HH].[HH]. The number of hydrogen-bond donors (Lipinski definition) is 3. The van der Waals surface area contributed by atoms with Crippen LogP contribution in [0.15, 0.2) is 42.6 Å². The predicted molar refractivity (Wildman–Crippen MR) is 214 cm³/mol. The number of nitrogens with one attached hydrogen (secondary N) is 2. The van der Waals surface area contributed by atoms with E-state index >= 15 is 0 Å². The van der Waals surface area contributed by atoms with Crippen molar-refractivity contribution in [1.29, 1.82) is 0 Å². The molecular weight excluding hydrogens is 746 g/mol. The number of aromatic nitrogens is 1. The van der Waals surface area contributed by atoms with Crippen molar-refractivity contribution in [1.82, 2.24) is 19.9 Å². The highest BCUT2D eigenvalue weighted by molar-refractivity contribution is 7.91. The first-order valence-electron chi connectivity index (χ1n) is 19.6. The summed E-state index contributed by atoms with van der Waals surface area (Å²) in [5, 5.41) is 2.87. The van der Waals surface area contributed by atoms with Crippen LogP contribution < -0.4 is 25.2 Å². The highest BCUT2D eigenvalue weighted by atomic mass is 32.2. The first-order chi connectivity index (χ1) is 26.7. The van der Waals surface area contributed by atoms with E-state index < -0.39 is 27.2 Å². The van der Waals surface area contributed by atoms with Crippen LogP contribution in [0.25, 0.3) is 10.8 Å². The van der Waals surface area contributed by atoms with E-state index in [0.717, 1.165) is 66.9 Å². The van der Waals surface area contributed by atoms with Crippen LogP contribution in [0.2, 0.25) is 0 Å². The van der Waals surface area contributed by atoms with Crippen LogP contribution in [0.1, 0.15) is 90.2 Å². The second kappa shape index (κ2) is 17.3. The summed E-state index contributed by atoms with van der Waals surface area (Å²) in [7, 11) is -2.38. The summed E-state index contributed by atoms with van der Waals surface area (Å²) in [5.41, 5.74) is 4.87. The van der Waals surface area contributed by atoms with Crippen LogP contribution in [0.5, 0.6) is 11.6 Å². The molecule has 8 rings (SSSR count). The molecule has 2 unspecified atom stereocenters. The number of allylic oxidation sites excluding steroid dienone is 1. The van der Waals surface area contributed by atoms with Crippen molar-refractivity contribution in [2.75, 3.05) is 13.7 Å². The van der Waals surface area contributed by atoms with Gasteiger partial charge in [0, 0.05) is 49.0 Å². The molecule has 16 heteroatoms. The van der Waals surface area contributed by atoms with Gasteiger partial charge in [-0.15, -0.1) is 0 Å². The smallest absolute Gasteiger partial charge is 0.404 e. The number of amides is 4. The maximum absolute atomic E-state index is 13.4. The van der Waals surface area contributed by atoms with Crippen molar-refractivity contribution in [3.63, 3.8) is 0 Å². The number of hydrogen-bond acceptors (Lipinski definition) is 10. The zero-order valence-electron chi connectivity index (χ0n) is 32.2. The Balaban J connectivity index is 0.000000424. The third kappa shape index (κ3) is 10.5. The van der Waals surface area contributed by atoms with Gasteiger partial charge in [-0.1, -0.05) is 26.0 Å². The lowest BCUT2D eigenvalue weighted by Gasteiger charge is -2.25. The van der Waals surface area contributed by atoms with E-state index in [2.05, 4.69) is 36.3 Å². The van der Waals surface area contributed by atoms with Crippen molar-refractivity contribution in [3.8, 4) is 11.6 Å². The Kier molecular flexibility index (Phi) is 12.8. The van der Waals surface area contributed by atoms with Crippen molar-refractivity contribution in [2.45, 2.75) is 114 Å². The van der Waals surface area contributed by atoms with Gasteiger partial charge in [-0.2, -0.15) is 0 Å². The van der Waals surface area contributed by atoms with Gasteiger partial charge >= 0.3 is 6.09 Å². The zero-order valence-corrected chi connectivity index (χ0v) is 33.0. The van der Waals surface area contributed by atoms with Gasteiger partial charge in [0.1, 0.15) is 24.0 Å². The van der Waals surface area contributed by atoms with Gasteiger partial charge in [0.05, 0.1) is 13.7 Å². The number of nitrogens with two attached hydrogens (primary N) is 1. The molecule has 2 aromatic rings. The topological polar surface area (TPSA) is 196 Å². The Morgan fingerprint density at radius 1 is 1.07 bits per heavy atom. The van der Waals surface area contributed by atoms with E-state index in [9.17, 15) is 32.0 Å². The molecule has 0 spiro atoms. The number of carbonyl (C=O) groups excluding carboxylic acids is 4. The highest BCUT2D eigenvalue weighted by Gasteiger charge is 2.56. The summed E-state index contributed by atoms with van der Waals surface area (Å²) in [4.78, 5) is 52.9. The predicted octanol–water partition coefficient (Wildman–Crippen LogP) is 5.88. The molecule has 0 radical (unpaired) electrons. The van der Waals surface area contributed by atoms with Crippen LogP contribution in [0.3, 0.4) is 0 Å². The minimum Gasteiger partial charge on any atom is -0.497 e. The Hall–Kier alpha value is -4.47. The first-order valence-corrected chi connectivity index (χ1v) is 21.1. The Morgan fingerprint density at radius 2 is 1.82 bits per heavy atom. The molecule has 14 nitrogen and oxygen atoms in total. The molecule has 9 atom stereocenters. The Bertz CT molecular complexity index is 1920. The lowest BCUT2D eigenvalue weighted by atomic mass is 9.91. The summed E-state index contributed by atoms with van der Waals surface area (Å²) < 4.78 is 51.8. The lowest BCUT2D eigenvalue weighted by molar-refractivity contribution is -0.139. The average molecular weight is 808 g/mol. The normalized spacial score (nSPS) is 32.1. The average Bonchev–Trinajstić information content (AvgIpc) is 4.11. The number of sulfonamides is 1. The van der Waals surface area contributed by atoms with Gasteiger partial charge in [-0.3, -0.25) is 19.1 Å². The van der Waals surface area contributed by atoms with Gasteiger partial charge in [0.25, 0.3) is 10.0 Å². The third-order valence-corrected chi connectivity index (χ3v) is 13.4. The lowest BCUT2D eigenvalue weighted by Crippen LogP contribution is -2.47. The number of primary amides is 1. The molecular formula is C40H62FN5O9S. The summed E-state index contributed by atoms with van der Waals surface area (Å²) in [6.45, 7) is 4.81. The number of halogens is 1. The van der Waals surface area contributed by atoms with E-state index in [1.54, 1.807) is 18.2 Å². The number of nitrogens with zero attached hydrogens (tertiary/aromatic N) is 2. The zero-order chi connectivity index (χ0) is 40.2. The molecule has 6 aliphatic rings. The second-order valence-corrected chi connectivity index (χ2v) is 18.3. The largest absolute Gasteiger partial charge is 0.497 e. The Morgan fingerprint density at radius 3 is 2.50 bits per heavy atom. The minimum atomic E-state index is -4.02. The van der Waals surface area contributed by atoms with Crippen LogP contribution in [0, 0.1) is 29.6 Å². The van der Waals surface area contributed by atoms with Gasteiger partial charge in [0.15, 0.2) is 0 Å². The number of fused-ring (bicyclic) bond motifs is 4. The number of alkyl halides is 1. The molecule has 314 valence electrons. The molecule has 1 aromatic heterocycles. The van der Waals surface area contributed by atoms with Crippen LogP contribution in [0.4, 0.5) is 9.18 Å². The molecule has 4 amide bonds. The number of rotatable bonds is 7. The fourth-order valence-corrected chi connectivity index (χ4v) is 9.17. The molecule has 2 aliphatic heterocycles. The van der Waals surface area contributed by atoms with Gasteiger partial charge in [-0.05, 0) is 104 Å². The number of methoxy groups -OCH3 is 1. The maximum Gasteiger partial charge on any atom is 0.404 e. The van der Waals surface area contributed by atoms with Crippen LogP contribution in [-0.2, 0) is 29.1 Å². The summed E-state index contributed by atoms with van der Waals surface area (Å²) in [5.74, 6) is 4.21. The molecule has 1 saturated heterocycles. The minimum absolute atomic E-state index is 0. The van der Waals surface area contributed by atoms with Crippen molar-refractivity contribution in [2.24, 2.45) is 35.3 Å². The maximum atomic E-state index is 13.4. The fourth-order valence-electron chi connectivity index (χ4n) is 8.20. The van der Waals surface area contributed by atoms with E-state index in [1.807, 2.05) is 24.3 Å². The Labute approximate surface area is 333 Å². The standard InChI is InChI=1S/C29H37N3O4.C7H11NO2.C4H6FNO3S.4H2/c1-18-6-4-5-7-21-15-25(21)31-28(34)26-16-23(17-32(26)27(33)13-19(2)12-18)36-29-24-9-8-22(35-3)14-20(24)10-11-30-29;8-7(9)10-6-2-4-1-5(4)3-6;5-4(1-2-4)10(8,9)6-3-7;;;;/h5,7-11,14,18-19,21,23,25-26H,4,6,12-13,15-17H2,1-3H3,(H,31,34);4-6H,1-3H2,(H2,8,9);3H,1-2H2,(H,6,7);4*1H/b7-5-;;;;;;/t18-,19-,21-,23-,25-,26+;4-,5?,6?;;;;;/m11...../s1. The van der Waals surface area contributed by atoms with Crippen LogP contribution >= 0.6 is 0 Å². The van der Waals surface area contributed by atoms with Gasteiger partial charge in [0.2, 0.25) is 29.1 Å². The summed E-state index contributed by atoms with van der Waals surface area (Å²) >= 11 is 0. The molecule has 4 saturated carbocycles. The second-order valence-electron chi connectivity index (χ2n) is 16.3. The number of benzene rings is 1. The van der Waals surface area contributed by atoms with E-state index in [-0.39, 0.29) is 60.9 Å². The van der Waals surface area contributed by atoms with E-state index in [0.29, 0.717) is 37.1 Å². The third-order valence-electron chi connectivity index (χ3n) is 11.6.